The minimum Gasteiger partial charge on any atom is -0.460 e. The minimum absolute atomic E-state index is 0.0213. The van der Waals surface area contributed by atoms with Gasteiger partial charge in [0.25, 0.3) is 0 Å². The molecule has 1 unspecified atom stereocenters. The first kappa shape index (κ1) is 27.1. The van der Waals surface area contributed by atoms with Crippen LogP contribution in [-0.4, -0.2) is 23.3 Å². The van der Waals surface area contributed by atoms with Gasteiger partial charge in [-0.25, -0.2) is 0 Å². The molecule has 1 aliphatic carbocycles. The van der Waals surface area contributed by atoms with Gasteiger partial charge in [0.15, 0.2) is 0 Å². The maximum Gasteiger partial charge on any atom is 0.306 e. The Morgan fingerprint density at radius 3 is 2.21 bits per heavy atom. The third-order valence-corrected chi connectivity index (χ3v) is 6.49. The van der Waals surface area contributed by atoms with Gasteiger partial charge < -0.3 is 9.47 Å². The van der Waals surface area contributed by atoms with E-state index in [0.717, 1.165) is 18.4 Å². The number of hydrogen-bond acceptors (Lipinski definition) is 5. The molecule has 1 aliphatic rings. The Balaban J connectivity index is 1.99. The average Bonchev–Trinajstić information content (AvgIpc) is 2.74. The van der Waals surface area contributed by atoms with Crippen LogP contribution >= 0.6 is 0 Å². The van der Waals surface area contributed by atoms with E-state index in [1.807, 2.05) is 30.3 Å². The number of esters is 2. The number of Topliss-reactive ketones (excluding diaryl/α,β-unsaturated/α-hetero) is 1. The van der Waals surface area contributed by atoms with Gasteiger partial charge in [-0.2, -0.15) is 0 Å². The van der Waals surface area contributed by atoms with Crippen LogP contribution in [0.25, 0.3) is 0 Å². The minimum atomic E-state index is -0.585. The van der Waals surface area contributed by atoms with E-state index >= 15 is 0 Å². The number of ether oxygens (including phenoxy) is 2. The van der Waals surface area contributed by atoms with Crippen LogP contribution in [0.3, 0.4) is 0 Å². The Labute approximate surface area is 199 Å². The standard InChI is InChI=1S/C28H42O5/c1-19(2)22-13-12-20(3)18-23(22)24(29)14-15-25(21-10-8-7-9-11-21)32-26(30)16-17-27(31)33-28(4,5)6/h7-11,19-20,22-23,25H,12-18H2,1-6H3/t20-,22+,23-,25?/m1/s1. The van der Waals surface area contributed by atoms with E-state index in [9.17, 15) is 14.4 Å². The van der Waals surface area contributed by atoms with Gasteiger partial charge in [0, 0.05) is 12.3 Å². The Morgan fingerprint density at radius 1 is 0.970 bits per heavy atom. The largest absolute Gasteiger partial charge is 0.460 e. The number of carbonyl (C=O) groups excluding carboxylic acids is 3. The summed E-state index contributed by atoms with van der Waals surface area (Å²) < 4.78 is 11.0. The fraction of sp³-hybridized carbons (Fsp3) is 0.679. The second-order valence-electron chi connectivity index (χ2n) is 10.9. The van der Waals surface area contributed by atoms with Crippen molar-refractivity contribution in [3.05, 3.63) is 35.9 Å². The Hall–Kier alpha value is -2.17. The van der Waals surface area contributed by atoms with Crippen LogP contribution < -0.4 is 0 Å². The molecule has 2 rings (SSSR count). The SMILES string of the molecule is CC(C)[C@@H]1CC[C@@H](C)C[C@H]1C(=O)CCC(OC(=O)CCC(=O)OC(C)(C)C)c1ccccc1. The summed E-state index contributed by atoms with van der Waals surface area (Å²) >= 11 is 0. The van der Waals surface area contributed by atoms with Crippen LogP contribution in [0.1, 0.15) is 98.2 Å². The highest BCUT2D eigenvalue weighted by Gasteiger charge is 2.35. The third-order valence-electron chi connectivity index (χ3n) is 6.49. The average molecular weight is 459 g/mol. The molecule has 0 N–H and O–H groups in total. The van der Waals surface area contributed by atoms with E-state index < -0.39 is 23.6 Å². The molecule has 184 valence electrons. The summed E-state index contributed by atoms with van der Waals surface area (Å²) in [6.45, 7) is 12.0. The highest BCUT2D eigenvalue weighted by Crippen LogP contribution is 2.39. The predicted octanol–water partition coefficient (Wildman–Crippen LogP) is 6.45. The number of benzene rings is 1. The number of hydrogen-bond donors (Lipinski definition) is 0. The molecule has 0 aromatic heterocycles. The summed E-state index contributed by atoms with van der Waals surface area (Å²) in [7, 11) is 0. The van der Waals surface area contributed by atoms with E-state index in [0.29, 0.717) is 30.6 Å². The topological polar surface area (TPSA) is 69.7 Å². The molecule has 0 radical (unpaired) electrons. The van der Waals surface area contributed by atoms with Crippen molar-refractivity contribution in [2.75, 3.05) is 0 Å². The Morgan fingerprint density at radius 2 is 1.61 bits per heavy atom. The molecule has 0 saturated heterocycles. The fourth-order valence-corrected chi connectivity index (χ4v) is 4.81. The lowest BCUT2D eigenvalue weighted by Crippen LogP contribution is -2.33. The van der Waals surface area contributed by atoms with E-state index in [-0.39, 0.29) is 24.5 Å². The van der Waals surface area contributed by atoms with Crippen molar-refractivity contribution >= 4 is 17.7 Å². The van der Waals surface area contributed by atoms with Crippen LogP contribution in [-0.2, 0) is 23.9 Å². The second-order valence-corrected chi connectivity index (χ2v) is 10.9. The molecule has 0 spiro atoms. The van der Waals surface area contributed by atoms with Crippen molar-refractivity contribution in [2.24, 2.45) is 23.7 Å². The van der Waals surface area contributed by atoms with Crippen molar-refractivity contribution in [3.63, 3.8) is 0 Å². The van der Waals surface area contributed by atoms with Gasteiger partial charge in [0.2, 0.25) is 0 Å². The first-order valence-electron chi connectivity index (χ1n) is 12.4. The number of ketones is 1. The molecule has 1 aromatic rings. The summed E-state index contributed by atoms with van der Waals surface area (Å²) in [6, 6.07) is 9.53. The van der Waals surface area contributed by atoms with Crippen molar-refractivity contribution in [1.82, 2.24) is 0 Å². The molecule has 1 saturated carbocycles. The van der Waals surface area contributed by atoms with E-state index in [1.165, 1.54) is 6.42 Å². The molecule has 5 nitrogen and oxygen atoms in total. The maximum absolute atomic E-state index is 13.2. The quantitative estimate of drug-likeness (QED) is 0.377. The molecule has 33 heavy (non-hydrogen) atoms. The Kier molecular flexibility index (Phi) is 10.1. The molecular weight excluding hydrogens is 416 g/mol. The molecule has 0 aliphatic heterocycles. The van der Waals surface area contributed by atoms with E-state index in [1.54, 1.807) is 20.8 Å². The van der Waals surface area contributed by atoms with Crippen LogP contribution in [0.4, 0.5) is 0 Å². The van der Waals surface area contributed by atoms with E-state index in [4.69, 9.17) is 9.47 Å². The summed E-state index contributed by atoms with van der Waals surface area (Å²) in [5.41, 5.74) is 0.284. The molecule has 0 amide bonds. The van der Waals surface area contributed by atoms with Gasteiger partial charge in [-0.1, -0.05) is 57.5 Å². The molecule has 0 bridgehead atoms. The van der Waals surface area contributed by atoms with Crippen molar-refractivity contribution in [2.45, 2.75) is 98.2 Å². The van der Waals surface area contributed by atoms with Gasteiger partial charge in [0.05, 0.1) is 12.8 Å². The lowest BCUT2D eigenvalue weighted by molar-refractivity contribution is -0.160. The maximum atomic E-state index is 13.2. The summed E-state index contributed by atoms with van der Waals surface area (Å²) in [5.74, 6) is 0.997. The highest BCUT2D eigenvalue weighted by atomic mass is 16.6. The van der Waals surface area contributed by atoms with Gasteiger partial charge in [0.1, 0.15) is 17.5 Å². The summed E-state index contributed by atoms with van der Waals surface area (Å²) in [6.07, 6.45) is 3.53. The van der Waals surface area contributed by atoms with Crippen molar-refractivity contribution in [3.8, 4) is 0 Å². The molecule has 1 aromatic carbocycles. The number of carbonyl (C=O) groups is 3. The molecule has 5 heteroatoms. The van der Waals surface area contributed by atoms with Crippen molar-refractivity contribution < 1.29 is 23.9 Å². The zero-order chi connectivity index (χ0) is 24.6. The molecular formula is C28H42O5. The fourth-order valence-electron chi connectivity index (χ4n) is 4.81. The summed E-state index contributed by atoms with van der Waals surface area (Å²) in [4.78, 5) is 37.7. The summed E-state index contributed by atoms with van der Waals surface area (Å²) in [5, 5.41) is 0. The molecule has 0 heterocycles. The van der Waals surface area contributed by atoms with Crippen LogP contribution in [0, 0.1) is 23.7 Å². The Bertz CT molecular complexity index is 777. The second kappa shape index (κ2) is 12.3. The van der Waals surface area contributed by atoms with E-state index in [2.05, 4.69) is 20.8 Å². The van der Waals surface area contributed by atoms with Gasteiger partial charge in [-0.15, -0.1) is 0 Å². The van der Waals surface area contributed by atoms with Crippen LogP contribution in [0.15, 0.2) is 30.3 Å². The van der Waals surface area contributed by atoms with Gasteiger partial charge in [-0.3, -0.25) is 14.4 Å². The van der Waals surface area contributed by atoms with Gasteiger partial charge in [-0.05, 0) is 63.4 Å². The lowest BCUT2D eigenvalue weighted by Gasteiger charge is -2.36. The predicted molar refractivity (Wildman–Crippen MR) is 129 cm³/mol. The van der Waals surface area contributed by atoms with Gasteiger partial charge >= 0.3 is 11.9 Å². The third kappa shape index (κ3) is 9.30. The molecule has 1 fully saturated rings. The van der Waals surface area contributed by atoms with Crippen LogP contribution in [0.5, 0.6) is 0 Å². The smallest absolute Gasteiger partial charge is 0.306 e. The molecule has 4 atom stereocenters. The zero-order valence-corrected chi connectivity index (χ0v) is 21.3. The number of rotatable bonds is 10. The zero-order valence-electron chi connectivity index (χ0n) is 21.3. The van der Waals surface area contributed by atoms with Crippen LogP contribution in [0.2, 0.25) is 0 Å². The highest BCUT2D eigenvalue weighted by molar-refractivity contribution is 5.81. The first-order valence-corrected chi connectivity index (χ1v) is 12.4. The normalized spacial score (nSPS) is 22.0. The lowest BCUT2D eigenvalue weighted by atomic mass is 9.68. The van der Waals surface area contributed by atoms with Crippen molar-refractivity contribution in [1.29, 1.82) is 0 Å². The first-order chi connectivity index (χ1) is 15.5. The monoisotopic (exact) mass is 458 g/mol.